The number of rotatable bonds is 7. The van der Waals surface area contributed by atoms with Crippen LogP contribution in [0, 0.1) is 0 Å². The molecule has 0 saturated carbocycles. The average Bonchev–Trinajstić information content (AvgIpc) is 3.28. The quantitative estimate of drug-likeness (QED) is 0.254. The van der Waals surface area contributed by atoms with Crippen LogP contribution in [0.25, 0.3) is 5.57 Å². The van der Waals surface area contributed by atoms with Crippen molar-refractivity contribution < 1.29 is 27.1 Å². The highest BCUT2D eigenvalue weighted by Crippen LogP contribution is 2.34. The van der Waals surface area contributed by atoms with Crippen LogP contribution in [-0.2, 0) is 19.1 Å². The number of alkyl halides is 3. The van der Waals surface area contributed by atoms with Gasteiger partial charge in [0.25, 0.3) is 0 Å². The van der Waals surface area contributed by atoms with Gasteiger partial charge in [-0.15, -0.1) is 0 Å². The molecule has 0 fully saturated rings. The summed E-state index contributed by atoms with van der Waals surface area (Å²) < 4.78 is 63.3. The number of carbonyl (C=O) groups is 1. The number of benzene rings is 2. The van der Waals surface area contributed by atoms with Gasteiger partial charge in [0.05, 0.1) is 42.5 Å². The lowest BCUT2D eigenvalue weighted by molar-refractivity contribution is -0.137. The van der Waals surface area contributed by atoms with Crippen molar-refractivity contribution in [3.05, 3.63) is 81.9 Å². The summed E-state index contributed by atoms with van der Waals surface area (Å²) in [6.45, 7) is -0.143. The van der Waals surface area contributed by atoms with E-state index in [1.807, 2.05) is 0 Å². The first-order chi connectivity index (χ1) is 17.7. The van der Waals surface area contributed by atoms with Crippen LogP contribution in [0.4, 0.5) is 22.4 Å². The fourth-order valence-corrected chi connectivity index (χ4v) is 4.97. The van der Waals surface area contributed by atoms with Crippen LogP contribution in [0.3, 0.4) is 0 Å². The lowest BCUT2D eigenvalue weighted by atomic mass is 9.92. The number of ether oxygens (including phenoxy) is 1. The third-order valence-electron chi connectivity index (χ3n) is 5.80. The van der Waals surface area contributed by atoms with Crippen LogP contribution in [0.2, 0.25) is 5.02 Å². The molecule has 0 saturated heterocycles. The summed E-state index contributed by atoms with van der Waals surface area (Å²) in [5, 5.41) is 7.32. The number of allylic oxidation sites excluding steroid dienone is 1. The highest BCUT2D eigenvalue weighted by atomic mass is 35.5. The Morgan fingerprint density at radius 2 is 1.95 bits per heavy atom. The Kier molecular flexibility index (Phi) is 8.33. The van der Waals surface area contributed by atoms with Gasteiger partial charge in [-0.05, 0) is 72.7 Å². The summed E-state index contributed by atoms with van der Waals surface area (Å²) in [6.07, 6.45) is -0.875. The van der Waals surface area contributed by atoms with E-state index in [0.29, 0.717) is 45.3 Å². The molecule has 0 atom stereocenters. The van der Waals surface area contributed by atoms with Gasteiger partial charge in [0.15, 0.2) is 0 Å². The molecule has 0 spiro atoms. The van der Waals surface area contributed by atoms with E-state index in [0.717, 1.165) is 36.1 Å². The maximum Gasteiger partial charge on any atom is 0.416 e. The zero-order chi connectivity index (χ0) is 26.6. The number of hydrogen-bond acceptors (Lipinski definition) is 4. The minimum atomic E-state index is -4.42. The number of nitrogens with zero attached hydrogens (tertiary/aromatic N) is 2. The summed E-state index contributed by atoms with van der Waals surface area (Å²) >= 11 is 6.98. The summed E-state index contributed by atoms with van der Waals surface area (Å²) in [6, 6.07) is 9.17. The molecule has 12 heteroatoms. The summed E-state index contributed by atoms with van der Waals surface area (Å²) in [4.78, 5) is 12.9. The van der Waals surface area contributed by atoms with E-state index in [1.54, 1.807) is 29.1 Å². The largest absolute Gasteiger partial charge is 0.496 e. The van der Waals surface area contributed by atoms with E-state index in [-0.39, 0.29) is 13.1 Å². The molecule has 0 unspecified atom stereocenters. The van der Waals surface area contributed by atoms with Gasteiger partial charge >= 0.3 is 12.2 Å². The van der Waals surface area contributed by atoms with Crippen LogP contribution in [0.1, 0.15) is 35.2 Å². The van der Waals surface area contributed by atoms with E-state index in [2.05, 4.69) is 15.1 Å². The zero-order valence-corrected chi connectivity index (χ0v) is 21.2. The molecule has 1 aliphatic rings. The summed E-state index contributed by atoms with van der Waals surface area (Å²) in [5.74, 6) is 0.0228. The van der Waals surface area contributed by atoms with Crippen molar-refractivity contribution in [1.29, 1.82) is 0 Å². The van der Waals surface area contributed by atoms with E-state index in [1.165, 1.54) is 19.2 Å². The minimum absolute atomic E-state index is 0.191. The molecular formula is C25H23ClF4N4O2S. The van der Waals surface area contributed by atoms with Gasteiger partial charge in [-0.3, -0.25) is 9.40 Å². The smallest absolute Gasteiger partial charge is 0.416 e. The number of methoxy groups -OCH3 is 1. The second-order valence-electron chi connectivity index (χ2n) is 8.29. The minimum Gasteiger partial charge on any atom is -0.496 e. The topological polar surface area (TPSA) is 68.2 Å². The highest BCUT2D eigenvalue weighted by Gasteiger charge is 2.30. The zero-order valence-electron chi connectivity index (χ0n) is 19.7. The Balaban J connectivity index is 1.43. The Labute approximate surface area is 220 Å². The van der Waals surface area contributed by atoms with Gasteiger partial charge in [-0.25, -0.2) is 9.18 Å². The number of nitrogens with one attached hydrogen (secondary N) is 2. The summed E-state index contributed by atoms with van der Waals surface area (Å²) in [5.41, 5.74) is 1.76. The molecule has 1 aromatic heterocycles. The van der Waals surface area contributed by atoms with Gasteiger partial charge in [-0.2, -0.15) is 18.3 Å². The van der Waals surface area contributed by atoms with Gasteiger partial charge in [0.2, 0.25) is 0 Å². The molecule has 2 N–H and O–H groups in total. The predicted octanol–water partition coefficient (Wildman–Crippen LogP) is 6.64. The maximum atomic E-state index is 15.3. The van der Waals surface area contributed by atoms with Crippen LogP contribution in [0.5, 0.6) is 5.75 Å². The normalized spacial score (nSPS) is 14.6. The monoisotopic (exact) mass is 554 g/mol. The summed E-state index contributed by atoms with van der Waals surface area (Å²) in [7, 11) is 1.50. The molecule has 1 aliphatic carbocycles. The lowest BCUT2D eigenvalue weighted by Gasteiger charge is -2.19. The molecule has 0 radical (unpaired) electrons. The van der Waals surface area contributed by atoms with Crippen molar-refractivity contribution in [3.63, 3.8) is 0 Å². The molecule has 4 rings (SSSR count). The molecule has 2 amide bonds. The number of amides is 2. The van der Waals surface area contributed by atoms with Crippen LogP contribution in [0.15, 0.2) is 59.4 Å². The molecule has 1 heterocycles. The number of fused-ring (bicyclic) bond motifs is 1. The Hall–Kier alpha value is -3.18. The molecule has 6 nitrogen and oxygen atoms in total. The SMILES string of the molecule is COc1ccc(Cl)cc1SNC(=O)NC/C(F)=C1\CCCc2cnn(Cc3ccc(C(F)(F)F)cc3)c21. The first-order valence-corrected chi connectivity index (χ1v) is 12.5. The number of urea groups is 1. The third-order valence-corrected chi connectivity index (χ3v) is 6.86. The molecule has 37 heavy (non-hydrogen) atoms. The van der Waals surface area contributed by atoms with Crippen LogP contribution >= 0.6 is 23.5 Å². The van der Waals surface area contributed by atoms with Crippen LogP contribution < -0.4 is 14.8 Å². The molecular weight excluding hydrogens is 532 g/mol. The molecule has 3 aromatic rings. The number of halogens is 5. The van der Waals surface area contributed by atoms with Crippen molar-refractivity contribution in [2.45, 2.75) is 36.9 Å². The second-order valence-corrected chi connectivity index (χ2v) is 9.57. The Bertz CT molecular complexity index is 1310. The molecule has 196 valence electrons. The van der Waals surface area contributed by atoms with E-state index in [9.17, 15) is 18.0 Å². The standard InChI is InChI=1S/C25H23ClF4N4O2S/c1-36-21-10-9-18(26)11-22(21)37-33-24(35)31-13-20(27)19-4-2-3-16-12-32-34(23(16)19)14-15-5-7-17(8-6-15)25(28,29)30/h5-12H,2-4,13-14H2,1H3,(H2,31,33,35)/b20-19-. The third kappa shape index (κ3) is 6.58. The van der Waals surface area contributed by atoms with E-state index >= 15 is 4.39 Å². The second kappa shape index (κ2) is 11.5. The van der Waals surface area contributed by atoms with Crippen molar-refractivity contribution >= 4 is 35.2 Å². The Morgan fingerprint density at radius 3 is 2.65 bits per heavy atom. The molecule has 2 aromatic carbocycles. The van der Waals surface area contributed by atoms with Gasteiger partial charge in [0, 0.05) is 10.6 Å². The van der Waals surface area contributed by atoms with Gasteiger partial charge < -0.3 is 10.1 Å². The molecule has 0 aliphatic heterocycles. The fourth-order valence-electron chi connectivity index (χ4n) is 4.02. The van der Waals surface area contributed by atoms with Crippen molar-refractivity contribution in [2.75, 3.05) is 13.7 Å². The molecule has 0 bridgehead atoms. The van der Waals surface area contributed by atoms with Crippen LogP contribution in [-0.4, -0.2) is 29.5 Å². The number of hydrogen-bond donors (Lipinski definition) is 2. The Morgan fingerprint density at radius 1 is 1.19 bits per heavy atom. The van der Waals surface area contributed by atoms with E-state index < -0.39 is 23.6 Å². The first-order valence-electron chi connectivity index (χ1n) is 11.3. The highest BCUT2D eigenvalue weighted by molar-refractivity contribution is 7.98. The first kappa shape index (κ1) is 26.9. The average molecular weight is 555 g/mol. The van der Waals surface area contributed by atoms with Crippen molar-refractivity contribution in [3.8, 4) is 5.75 Å². The van der Waals surface area contributed by atoms with E-state index in [4.69, 9.17) is 16.3 Å². The number of aryl methyl sites for hydroxylation is 1. The maximum absolute atomic E-state index is 15.3. The predicted molar refractivity (Wildman–Crippen MR) is 134 cm³/mol. The fraction of sp³-hybridized carbons (Fsp3) is 0.280. The van der Waals surface area contributed by atoms with Gasteiger partial charge in [0.1, 0.15) is 11.6 Å². The number of aromatic nitrogens is 2. The van der Waals surface area contributed by atoms with Gasteiger partial charge in [-0.1, -0.05) is 23.7 Å². The van der Waals surface area contributed by atoms with Crippen molar-refractivity contribution in [1.82, 2.24) is 19.8 Å². The number of carbonyl (C=O) groups excluding carboxylic acids is 1. The van der Waals surface area contributed by atoms with Crippen molar-refractivity contribution in [2.24, 2.45) is 0 Å². The lowest BCUT2D eigenvalue weighted by Crippen LogP contribution is -2.32.